The summed E-state index contributed by atoms with van der Waals surface area (Å²) in [5.74, 6) is 0. The molecule has 1 aromatic rings. The van der Waals surface area contributed by atoms with E-state index in [9.17, 15) is 13.2 Å². The molecular weight excluding hydrogens is 226 g/mol. The SMILES string of the molecule is CNS(=O)(=O)c1cc([C]=O)ccc1Cl. The molecule has 0 saturated carbocycles. The Labute approximate surface area is 86.9 Å². The largest absolute Gasteiger partial charge is 0.285 e. The third-order valence-electron chi connectivity index (χ3n) is 1.61. The molecule has 6 heteroatoms. The number of sulfonamides is 1. The minimum absolute atomic E-state index is 0.0679. The van der Waals surface area contributed by atoms with Crippen LogP contribution in [0.15, 0.2) is 23.1 Å². The van der Waals surface area contributed by atoms with Gasteiger partial charge in [0.2, 0.25) is 16.3 Å². The van der Waals surface area contributed by atoms with Crippen molar-refractivity contribution in [3.8, 4) is 0 Å². The molecule has 0 aliphatic carbocycles. The van der Waals surface area contributed by atoms with Crippen LogP contribution >= 0.6 is 11.6 Å². The van der Waals surface area contributed by atoms with E-state index < -0.39 is 10.0 Å². The molecule has 1 radical (unpaired) electrons. The van der Waals surface area contributed by atoms with Gasteiger partial charge in [0.25, 0.3) is 0 Å². The van der Waals surface area contributed by atoms with Crippen molar-refractivity contribution in [2.45, 2.75) is 4.90 Å². The highest BCUT2D eigenvalue weighted by molar-refractivity contribution is 7.89. The molecule has 0 spiro atoms. The predicted octanol–water partition coefficient (Wildman–Crippen LogP) is 0.706. The van der Waals surface area contributed by atoms with Crippen LogP contribution < -0.4 is 4.72 Å². The topological polar surface area (TPSA) is 63.2 Å². The summed E-state index contributed by atoms with van der Waals surface area (Å²) in [6.45, 7) is 0. The van der Waals surface area contributed by atoms with Crippen molar-refractivity contribution >= 4 is 27.9 Å². The van der Waals surface area contributed by atoms with Crippen LogP contribution in [0.5, 0.6) is 0 Å². The highest BCUT2D eigenvalue weighted by Gasteiger charge is 2.16. The van der Waals surface area contributed by atoms with Crippen LogP contribution in [0, 0.1) is 0 Å². The van der Waals surface area contributed by atoms with Crippen LogP contribution in [-0.2, 0) is 14.8 Å². The maximum atomic E-state index is 11.4. The van der Waals surface area contributed by atoms with Gasteiger partial charge in [0.15, 0.2) is 0 Å². The molecule has 0 unspecified atom stereocenters. The Morgan fingerprint density at radius 3 is 2.57 bits per heavy atom. The van der Waals surface area contributed by atoms with Crippen LogP contribution in [0.2, 0.25) is 5.02 Å². The summed E-state index contributed by atoms with van der Waals surface area (Å²) < 4.78 is 24.8. The van der Waals surface area contributed by atoms with E-state index >= 15 is 0 Å². The lowest BCUT2D eigenvalue weighted by molar-refractivity contribution is 0.562. The molecule has 1 aromatic carbocycles. The summed E-state index contributed by atoms with van der Waals surface area (Å²) in [4.78, 5) is 10.2. The fraction of sp³-hybridized carbons (Fsp3) is 0.125. The molecule has 0 amide bonds. The molecule has 0 saturated heterocycles. The summed E-state index contributed by atoms with van der Waals surface area (Å²) in [7, 11) is -2.36. The fourth-order valence-corrected chi connectivity index (χ4v) is 2.13. The quantitative estimate of drug-likeness (QED) is 0.835. The second kappa shape index (κ2) is 4.08. The van der Waals surface area contributed by atoms with Gasteiger partial charge in [-0.15, -0.1) is 0 Å². The molecule has 0 fully saturated rings. The Kier molecular flexibility index (Phi) is 3.25. The van der Waals surface area contributed by atoms with Gasteiger partial charge in [-0.2, -0.15) is 0 Å². The van der Waals surface area contributed by atoms with Gasteiger partial charge in [-0.05, 0) is 25.2 Å². The maximum absolute atomic E-state index is 11.4. The number of benzene rings is 1. The lowest BCUT2D eigenvalue weighted by Crippen LogP contribution is -2.19. The van der Waals surface area contributed by atoms with E-state index in [-0.39, 0.29) is 15.5 Å². The Hall–Kier alpha value is -0.910. The lowest BCUT2D eigenvalue weighted by Gasteiger charge is -2.04. The van der Waals surface area contributed by atoms with Crippen molar-refractivity contribution in [1.82, 2.24) is 4.72 Å². The van der Waals surface area contributed by atoms with E-state index in [0.29, 0.717) is 0 Å². The summed E-state index contributed by atoms with van der Waals surface area (Å²) >= 11 is 5.67. The molecule has 0 aromatic heterocycles. The first-order chi connectivity index (χ1) is 6.51. The third-order valence-corrected chi connectivity index (χ3v) is 3.50. The lowest BCUT2D eigenvalue weighted by atomic mass is 10.2. The first-order valence-corrected chi connectivity index (χ1v) is 5.48. The van der Waals surface area contributed by atoms with Gasteiger partial charge in [0.1, 0.15) is 4.90 Å². The summed E-state index contributed by atoms with van der Waals surface area (Å²) in [6, 6.07) is 3.90. The van der Waals surface area contributed by atoms with Gasteiger partial charge in [0, 0.05) is 5.56 Å². The molecule has 75 valence electrons. The van der Waals surface area contributed by atoms with Gasteiger partial charge in [-0.1, -0.05) is 11.6 Å². The Balaban J connectivity index is 3.40. The smallest absolute Gasteiger partial charge is 0.241 e. The van der Waals surface area contributed by atoms with Gasteiger partial charge < -0.3 is 0 Å². The number of nitrogens with one attached hydrogen (secondary N) is 1. The van der Waals surface area contributed by atoms with Crippen LogP contribution in [-0.4, -0.2) is 21.8 Å². The molecule has 0 atom stereocenters. The molecule has 0 aliphatic rings. The Bertz CT molecular complexity index is 456. The minimum Gasteiger partial charge on any atom is -0.285 e. The molecule has 1 N–H and O–H groups in total. The second-order valence-corrected chi connectivity index (χ2v) is 4.72. The van der Waals surface area contributed by atoms with E-state index in [1.165, 1.54) is 25.2 Å². The van der Waals surface area contributed by atoms with E-state index in [0.717, 1.165) is 0 Å². The Morgan fingerprint density at radius 1 is 1.43 bits per heavy atom. The number of halogens is 1. The summed E-state index contributed by atoms with van der Waals surface area (Å²) in [5, 5.41) is 0.0679. The fourth-order valence-electron chi connectivity index (χ4n) is 0.883. The van der Waals surface area contributed by atoms with E-state index in [1.807, 2.05) is 0 Å². The average molecular weight is 233 g/mol. The number of hydrogen-bond donors (Lipinski definition) is 1. The normalized spacial score (nSPS) is 11.3. The zero-order valence-corrected chi connectivity index (χ0v) is 8.82. The molecule has 0 heterocycles. The van der Waals surface area contributed by atoms with Gasteiger partial charge in [-0.25, -0.2) is 13.1 Å². The van der Waals surface area contributed by atoms with Crippen LogP contribution in [0.3, 0.4) is 0 Å². The van der Waals surface area contributed by atoms with Gasteiger partial charge in [-0.3, -0.25) is 4.79 Å². The molecule has 14 heavy (non-hydrogen) atoms. The number of rotatable bonds is 3. The van der Waals surface area contributed by atoms with E-state index in [4.69, 9.17) is 11.6 Å². The highest BCUT2D eigenvalue weighted by Crippen LogP contribution is 2.21. The highest BCUT2D eigenvalue weighted by atomic mass is 35.5. The van der Waals surface area contributed by atoms with Gasteiger partial charge in [0.05, 0.1) is 5.02 Å². The standard InChI is InChI=1S/C8H7ClNO3S/c1-10-14(12,13)8-4-6(5-11)2-3-7(8)9/h2-4,10H,1H3. The van der Waals surface area contributed by atoms with Gasteiger partial charge >= 0.3 is 0 Å². The van der Waals surface area contributed by atoms with Crippen molar-refractivity contribution in [2.75, 3.05) is 7.05 Å². The average Bonchev–Trinajstić information content (AvgIpc) is 2.18. The van der Waals surface area contributed by atoms with E-state index in [2.05, 4.69) is 4.72 Å². The van der Waals surface area contributed by atoms with Crippen LogP contribution in [0.1, 0.15) is 5.56 Å². The first kappa shape index (κ1) is 11.2. The monoisotopic (exact) mass is 232 g/mol. The minimum atomic E-state index is -3.62. The molecular formula is C8H7ClNO3S. The molecule has 1 rings (SSSR count). The van der Waals surface area contributed by atoms with Crippen LogP contribution in [0.25, 0.3) is 0 Å². The van der Waals surface area contributed by atoms with Crippen molar-refractivity contribution in [3.63, 3.8) is 0 Å². The summed E-state index contributed by atoms with van der Waals surface area (Å²) in [5.41, 5.74) is 0.142. The van der Waals surface area contributed by atoms with Crippen molar-refractivity contribution in [3.05, 3.63) is 28.8 Å². The van der Waals surface area contributed by atoms with Crippen molar-refractivity contribution in [1.29, 1.82) is 0 Å². The predicted molar refractivity (Wildman–Crippen MR) is 52.5 cm³/mol. The van der Waals surface area contributed by atoms with E-state index in [1.54, 1.807) is 6.29 Å². The molecule has 0 aliphatic heterocycles. The Morgan fingerprint density at radius 2 is 2.07 bits per heavy atom. The third kappa shape index (κ3) is 2.12. The zero-order valence-electron chi connectivity index (χ0n) is 7.24. The maximum Gasteiger partial charge on any atom is 0.241 e. The molecule has 0 bridgehead atoms. The summed E-state index contributed by atoms with van der Waals surface area (Å²) in [6.07, 6.45) is 1.59. The zero-order chi connectivity index (χ0) is 10.8. The number of carbonyl (C=O) groups excluding carboxylic acids is 1. The molecule has 4 nitrogen and oxygen atoms in total. The second-order valence-electron chi connectivity index (χ2n) is 2.45. The van der Waals surface area contributed by atoms with Crippen molar-refractivity contribution < 1.29 is 13.2 Å². The van der Waals surface area contributed by atoms with Crippen LogP contribution in [0.4, 0.5) is 0 Å². The van der Waals surface area contributed by atoms with Crippen molar-refractivity contribution in [2.24, 2.45) is 0 Å². The first-order valence-electron chi connectivity index (χ1n) is 3.62. The number of hydrogen-bond acceptors (Lipinski definition) is 3.